The Hall–Kier alpha value is -3.28. The first-order valence-corrected chi connectivity index (χ1v) is 7.01. The number of pyridine rings is 1. The zero-order valence-electron chi connectivity index (χ0n) is 12.4. The van der Waals surface area contributed by atoms with Crippen LogP contribution < -0.4 is 10.9 Å². The quantitative estimate of drug-likeness (QED) is 0.804. The lowest BCUT2D eigenvalue weighted by Crippen LogP contribution is -2.18. The Kier molecular flexibility index (Phi) is 3.97. The van der Waals surface area contributed by atoms with Gasteiger partial charge in [0.15, 0.2) is 0 Å². The highest BCUT2D eigenvalue weighted by atomic mass is 16.2. The molecule has 1 amide bonds. The number of carbonyl (C=O) groups is 1. The largest absolute Gasteiger partial charge is 0.321 e. The summed E-state index contributed by atoms with van der Waals surface area (Å²) in [5, 5.41) is 6.97. The van der Waals surface area contributed by atoms with Crippen LogP contribution in [0.25, 0.3) is 11.3 Å². The van der Waals surface area contributed by atoms with Crippen molar-refractivity contribution in [2.75, 3.05) is 5.32 Å². The zero-order valence-corrected chi connectivity index (χ0v) is 12.4. The van der Waals surface area contributed by atoms with Crippen molar-refractivity contribution >= 4 is 11.6 Å². The van der Waals surface area contributed by atoms with E-state index >= 15 is 0 Å². The Morgan fingerprint density at radius 2 is 1.83 bits per heavy atom. The molecule has 0 radical (unpaired) electrons. The summed E-state index contributed by atoms with van der Waals surface area (Å²) in [6.45, 7) is 0. The van der Waals surface area contributed by atoms with Crippen LogP contribution in [0.2, 0.25) is 0 Å². The molecule has 0 aliphatic heterocycles. The fraction of sp³-hybridized carbons (Fsp3) is 0.0588. The molecule has 0 unspecified atom stereocenters. The second-order valence-corrected chi connectivity index (χ2v) is 4.93. The number of aromatic nitrogens is 3. The van der Waals surface area contributed by atoms with Gasteiger partial charge in [-0.05, 0) is 30.3 Å². The first kappa shape index (κ1) is 14.6. The van der Waals surface area contributed by atoms with Gasteiger partial charge in [-0.3, -0.25) is 14.6 Å². The lowest BCUT2D eigenvalue weighted by atomic mass is 10.1. The molecule has 3 aromatic rings. The fourth-order valence-electron chi connectivity index (χ4n) is 2.07. The molecule has 0 saturated heterocycles. The first-order chi connectivity index (χ1) is 11.1. The molecule has 0 saturated carbocycles. The maximum atomic E-state index is 12.0. The van der Waals surface area contributed by atoms with E-state index in [1.165, 1.54) is 10.7 Å². The van der Waals surface area contributed by atoms with E-state index in [9.17, 15) is 9.59 Å². The molecule has 2 aromatic heterocycles. The number of nitrogens with zero attached hydrogens (tertiary/aromatic N) is 3. The monoisotopic (exact) mass is 306 g/mol. The summed E-state index contributed by atoms with van der Waals surface area (Å²) in [6.07, 6.45) is 1.57. The molecular formula is C17H14N4O2. The summed E-state index contributed by atoms with van der Waals surface area (Å²) in [5.41, 5.74) is 2.41. The standard InChI is InChI=1S/C17H14N4O2/c1-21-16(22)10-9-14(20-21)12-5-7-13(8-6-12)19-17(23)15-4-2-3-11-18-15/h2-11H,1H3,(H,19,23). The predicted molar refractivity (Wildman–Crippen MR) is 87.1 cm³/mol. The van der Waals surface area contributed by atoms with Crippen LogP contribution in [0.3, 0.4) is 0 Å². The van der Waals surface area contributed by atoms with Gasteiger partial charge in [-0.1, -0.05) is 18.2 Å². The Morgan fingerprint density at radius 3 is 2.48 bits per heavy atom. The van der Waals surface area contributed by atoms with Crippen molar-refractivity contribution in [3.8, 4) is 11.3 Å². The number of hydrogen-bond acceptors (Lipinski definition) is 4. The van der Waals surface area contributed by atoms with Gasteiger partial charge in [-0.15, -0.1) is 0 Å². The van der Waals surface area contributed by atoms with Crippen molar-refractivity contribution in [2.45, 2.75) is 0 Å². The van der Waals surface area contributed by atoms with E-state index in [1.807, 2.05) is 12.1 Å². The van der Waals surface area contributed by atoms with Gasteiger partial charge in [0.1, 0.15) is 5.69 Å². The number of hydrogen-bond donors (Lipinski definition) is 1. The molecule has 6 nitrogen and oxygen atoms in total. The van der Waals surface area contributed by atoms with Crippen LogP contribution in [-0.2, 0) is 7.05 Å². The van der Waals surface area contributed by atoms with Crippen LogP contribution in [0.5, 0.6) is 0 Å². The van der Waals surface area contributed by atoms with Gasteiger partial charge in [0.05, 0.1) is 5.69 Å². The third-order valence-electron chi connectivity index (χ3n) is 3.30. The number of benzene rings is 1. The normalized spacial score (nSPS) is 10.3. The molecule has 1 N–H and O–H groups in total. The average molecular weight is 306 g/mol. The SMILES string of the molecule is Cn1nc(-c2ccc(NC(=O)c3ccccn3)cc2)ccc1=O. The molecule has 0 spiro atoms. The molecule has 1 aromatic carbocycles. The molecule has 23 heavy (non-hydrogen) atoms. The molecule has 0 bridgehead atoms. The van der Waals surface area contributed by atoms with E-state index in [1.54, 1.807) is 49.6 Å². The van der Waals surface area contributed by atoms with Crippen LogP contribution in [-0.4, -0.2) is 20.7 Å². The predicted octanol–water partition coefficient (Wildman–Crippen LogP) is 2.09. The van der Waals surface area contributed by atoms with Gasteiger partial charge < -0.3 is 5.32 Å². The zero-order chi connectivity index (χ0) is 16.2. The topological polar surface area (TPSA) is 76.9 Å². The van der Waals surface area contributed by atoms with Gasteiger partial charge in [0.2, 0.25) is 0 Å². The van der Waals surface area contributed by atoms with Crippen molar-refractivity contribution < 1.29 is 4.79 Å². The Balaban J connectivity index is 1.78. The van der Waals surface area contributed by atoms with E-state index in [0.29, 0.717) is 17.1 Å². The lowest BCUT2D eigenvalue weighted by Gasteiger charge is -2.06. The maximum absolute atomic E-state index is 12.0. The summed E-state index contributed by atoms with van der Waals surface area (Å²) in [5.74, 6) is -0.265. The van der Waals surface area contributed by atoms with Gasteiger partial charge in [0.25, 0.3) is 11.5 Å². The van der Waals surface area contributed by atoms with Crippen molar-refractivity contribution in [1.82, 2.24) is 14.8 Å². The molecule has 3 rings (SSSR count). The fourth-order valence-corrected chi connectivity index (χ4v) is 2.07. The minimum atomic E-state index is -0.265. The molecular weight excluding hydrogens is 292 g/mol. The minimum absolute atomic E-state index is 0.159. The summed E-state index contributed by atoms with van der Waals surface area (Å²) in [6, 6.07) is 15.5. The van der Waals surface area contributed by atoms with Crippen molar-refractivity contribution in [2.24, 2.45) is 7.05 Å². The highest BCUT2D eigenvalue weighted by molar-refractivity contribution is 6.02. The molecule has 0 aliphatic carbocycles. The third-order valence-corrected chi connectivity index (χ3v) is 3.30. The Morgan fingerprint density at radius 1 is 1.04 bits per heavy atom. The van der Waals surface area contributed by atoms with Crippen molar-refractivity contribution in [1.29, 1.82) is 0 Å². The first-order valence-electron chi connectivity index (χ1n) is 7.01. The lowest BCUT2D eigenvalue weighted by molar-refractivity contribution is 0.102. The van der Waals surface area contributed by atoms with Crippen LogP contribution in [0, 0.1) is 0 Å². The molecule has 0 atom stereocenters. The van der Waals surface area contributed by atoms with Crippen LogP contribution in [0.4, 0.5) is 5.69 Å². The van der Waals surface area contributed by atoms with E-state index in [0.717, 1.165) is 5.56 Å². The summed E-state index contributed by atoms with van der Waals surface area (Å²) in [7, 11) is 1.60. The number of rotatable bonds is 3. The minimum Gasteiger partial charge on any atom is -0.321 e. The molecule has 0 aliphatic rings. The Bertz CT molecular complexity index is 886. The Labute approximate surface area is 132 Å². The highest BCUT2D eigenvalue weighted by Gasteiger charge is 2.07. The van der Waals surface area contributed by atoms with Gasteiger partial charge in [0, 0.05) is 30.6 Å². The molecule has 6 heteroatoms. The summed E-state index contributed by atoms with van der Waals surface area (Å²) >= 11 is 0. The second-order valence-electron chi connectivity index (χ2n) is 4.93. The van der Waals surface area contributed by atoms with E-state index in [-0.39, 0.29) is 11.5 Å². The average Bonchev–Trinajstić information content (AvgIpc) is 2.59. The maximum Gasteiger partial charge on any atom is 0.274 e. The van der Waals surface area contributed by atoms with Crippen LogP contribution in [0.1, 0.15) is 10.5 Å². The summed E-state index contributed by atoms with van der Waals surface area (Å²) < 4.78 is 1.28. The highest BCUT2D eigenvalue weighted by Crippen LogP contribution is 2.18. The van der Waals surface area contributed by atoms with Crippen molar-refractivity contribution in [3.63, 3.8) is 0 Å². The van der Waals surface area contributed by atoms with E-state index < -0.39 is 0 Å². The molecule has 0 fully saturated rings. The van der Waals surface area contributed by atoms with E-state index in [4.69, 9.17) is 0 Å². The van der Waals surface area contributed by atoms with Gasteiger partial charge in [-0.2, -0.15) is 5.10 Å². The number of amides is 1. The second kappa shape index (κ2) is 6.23. The summed E-state index contributed by atoms with van der Waals surface area (Å²) in [4.78, 5) is 27.4. The molecule has 2 heterocycles. The number of anilines is 1. The molecule has 114 valence electrons. The number of carbonyl (C=O) groups excluding carboxylic acids is 1. The number of nitrogens with one attached hydrogen (secondary N) is 1. The number of aryl methyl sites for hydroxylation is 1. The third kappa shape index (κ3) is 3.32. The van der Waals surface area contributed by atoms with E-state index in [2.05, 4.69) is 15.4 Å². The van der Waals surface area contributed by atoms with Crippen LogP contribution in [0.15, 0.2) is 65.6 Å². The van der Waals surface area contributed by atoms with Crippen molar-refractivity contribution in [3.05, 3.63) is 76.8 Å². The smallest absolute Gasteiger partial charge is 0.274 e. The van der Waals surface area contributed by atoms with Gasteiger partial charge in [-0.25, -0.2) is 4.68 Å². The van der Waals surface area contributed by atoms with Crippen LogP contribution >= 0.6 is 0 Å². The van der Waals surface area contributed by atoms with Gasteiger partial charge >= 0.3 is 0 Å².